The third-order valence-electron chi connectivity index (χ3n) is 3.73. The highest BCUT2D eigenvalue weighted by molar-refractivity contribution is 6.34. The van der Waals surface area contributed by atoms with Crippen molar-refractivity contribution in [2.75, 3.05) is 46.4 Å². The first-order chi connectivity index (χ1) is 10.5. The molecule has 1 amide bonds. The number of rotatable bonds is 5. The molecule has 1 aromatic carbocycles. The van der Waals surface area contributed by atoms with Crippen molar-refractivity contribution in [3.8, 4) is 0 Å². The van der Waals surface area contributed by atoms with Crippen molar-refractivity contribution < 1.29 is 14.6 Å². The fourth-order valence-corrected chi connectivity index (χ4v) is 3.00. The van der Waals surface area contributed by atoms with Crippen LogP contribution in [0.15, 0.2) is 18.2 Å². The van der Waals surface area contributed by atoms with E-state index in [2.05, 4.69) is 4.90 Å². The summed E-state index contributed by atoms with van der Waals surface area (Å²) in [6.07, 6.45) is -1.23. The molecule has 1 aliphatic rings. The fourth-order valence-electron chi connectivity index (χ4n) is 2.46. The first-order valence-electron chi connectivity index (χ1n) is 7.15. The van der Waals surface area contributed by atoms with Crippen molar-refractivity contribution >= 4 is 29.1 Å². The Morgan fingerprint density at radius 2 is 1.82 bits per heavy atom. The highest BCUT2D eigenvalue weighted by Crippen LogP contribution is 2.25. The van der Waals surface area contributed by atoms with Gasteiger partial charge >= 0.3 is 0 Å². The van der Waals surface area contributed by atoms with Gasteiger partial charge in [0.25, 0.3) is 5.91 Å². The molecule has 1 heterocycles. The van der Waals surface area contributed by atoms with Crippen LogP contribution in [0.1, 0.15) is 11.7 Å². The lowest BCUT2D eigenvalue weighted by Gasteiger charge is -2.35. The lowest BCUT2D eigenvalue weighted by Crippen LogP contribution is -2.50. The molecule has 0 aliphatic carbocycles. The van der Waals surface area contributed by atoms with Crippen LogP contribution in [-0.4, -0.2) is 67.3 Å². The maximum absolute atomic E-state index is 12.4. The fraction of sp³-hybridized carbons (Fsp3) is 0.533. The summed E-state index contributed by atoms with van der Waals surface area (Å²) >= 11 is 11.8. The van der Waals surface area contributed by atoms with Crippen LogP contribution < -0.4 is 0 Å². The smallest absolute Gasteiger partial charge is 0.256 e. The number of halogens is 2. The van der Waals surface area contributed by atoms with Gasteiger partial charge in [-0.05, 0) is 23.8 Å². The molecule has 1 aliphatic heterocycles. The molecule has 0 aromatic heterocycles. The topological polar surface area (TPSA) is 53.0 Å². The molecular weight excluding hydrogens is 327 g/mol. The zero-order chi connectivity index (χ0) is 16.1. The van der Waals surface area contributed by atoms with Crippen molar-refractivity contribution in [1.29, 1.82) is 0 Å². The van der Waals surface area contributed by atoms with Gasteiger partial charge in [-0.2, -0.15) is 0 Å². The van der Waals surface area contributed by atoms with Gasteiger partial charge in [-0.3, -0.25) is 9.69 Å². The van der Waals surface area contributed by atoms with E-state index in [-0.39, 0.29) is 5.91 Å². The number of amides is 1. The third-order valence-corrected chi connectivity index (χ3v) is 4.17. The van der Waals surface area contributed by atoms with Gasteiger partial charge in [0.05, 0.1) is 6.61 Å². The number of ether oxygens (including phenoxy) is 1. The summed E-state index contributed by atoms with van der Waals surface area (Å²) in [5, 5.41) is 11.1. The normalized spacial score (nSPS) is 17.5. The minimum atomic E-state index is -1.23. The van der Waals surface area contributed by atoms with E-state index in [1.807, 2.05) is 0 Å². The summed E-state index contributed by atoms with van der Waals surface area (Å²) < 4.78 is 5.05. The molecule has 1 N–H and O–H groups in total. The average Bonchev–Trinajstić information content (AvgIpc) is 2.51. The zero-order valence-electron chi connectivity index (χ0n) is 12.5. The Labute approximate surface area is 140 Å². The van der Waals surface area contributed by atoms with Crippen LogP contribution in [0.3, 0.4) is 0 Å². The van der Waals surface area contributed by atoms with E-state index in [1.54, 1.807) is 30.2 Å². The molecule has 1 saturated heterocycles. The molecule has 5 nitrogen and oxygen atoms in total. The monoisotopic (exact) mass is 346 g/mol. The summed E-state index contributed by atoms with van der Waals surface area (Å²) in [5.74, 6) is -0.315. The highest BCUT2D eigenvalue weighted by Gasteiger charge is 2.27. The second-order valence-corrected chi connectivity index (χ2v) is 6.14. The van der Waals surface area contributed by atoms with Gasteiger partial charge in [-0.25, -0.2) is 0 Å². The quantitative estimate of drug-likeness (QED) is 0.883. The van der Waals surface area contributed by atoms with E-state index in [1.165, 1.54) is 0 Å². The van der Waals surface area contributed by atoms with E-state index in [4.69, 9.17) is 27.9 Å². The van der Waals surface area contributed by atoms with Crippen LogP contribution >= 0.6 is 23.2 Å². The molecule has 1 unspecified atom stereocenters. The van der Waals surface area contributed by atoms with Gasteiger partial charge in [0, 0.05) is 49.9 Å². The lowest BCUT2D eigenvalue weighted by atomic mass is 10.1. The molecule has 22 heavy (non-hydrogen) atoms. The molecule has 0 bridgehead atoms. The van der Waals surface area contributed by atoms with Gasteiger partial charge < -0.3 is 14.7 Å². The van der Waals surface area contributed by atoms with Gasteiger partial charge in [-0.15, -0.1) is 0 Å². The predicted octanol–water partition coefficient (Wildman–Crippen LogP) is 1.82. The summed E-state index contributed by atoms with van der Waals surface area (Å²) in [6.45, 7) is 4.26. The van der Waals surface area contributed by atoms with E-state index < -0.39 is 6.10 Å². The summed E-state index contributed by atoms with van der Waals surface area (Å²) in [4.78, 5) is 16.3. The molecule has 1 fully saturated rings. The number of aliphatic hydroxyl groups is 1. The summed E-state index contributed by atoms with van der Waals surface area (Å²) in [7, 11) is 1.67. The number of hydrogen-bond acceptors (Lipinski definition) is 4. The van der Waals surface area contributed by atoms with E-state index in [0.29, 0.717) is 35.3 Å². The minimum absolute atomic E-state index is 0.315. The number of carbonyl (C=O) groups is 1. The van der Waals surface area contributed by atoms with Crippen molar-refractivity contribution in [3.63, 3.8) is 0 Å². The Morgan fingerprint density at radius 3 is 2.36 bits per heavy atom. The third kappa shape index (κ3) is 4.57. The van der Waals surface area contributed by atoms with Gasteiger partial charge in [0.2, 0.25) is 0 Å². The lowest BCUT2D eigenvalue weighted by molar-refractivity contribution is -0.142. The SMILES string of the molecule is COCCN1CCN(C(=O)C(O)c2cc(Cl)cc(Cl)c2)CC1. The van der Waals surface area contributed by atoms with Crippen molar-refractivity contribution in [3.05, 3.63) is 33.8 Å². The minimum Gasteiger partial charge on any atom is -0.383 e. The van der Waals surface area contributed by atoms with Crippen molar-refractivity contribution in [2.45, 2.75) is 6.10 Å². The number of carbonyl (C=O) groups excluding carboxylic acids is 1. The number of nitrogens with zero attached hydrogens (tertiary/aromatic N) is 2. The Kier molecular flexibility index (Phi) is 6.47. The van der Waals surface area contributed by atoms with Crippen LogP contribution in [0.25, 0.3) is 0 Å². The van der Waals surface area contributed by atoms with Gasteiger partial charge in [-0.1, -0.05) is 23.2 Å². The average molecular weight is 347 g/mol. The van der Waals surface area contributed by atoms with Crippen molar-refractivity contribution in [2.24, 2.45) is 0 Å². The van der Waals surface area contributed by atoms with Crippen LogP contribution in [0, 0.1) is 0 Å². The highest BCUT2D eigenvalue weighted by atomic mass is 35.5. The standard InChI is InChI=1S/C15H20Cl2N2O3/c1-22-7-6-18-2-4-19(5-3-18)15(21)14(20)11-8-12(16)10-13(17)9-11/h8-10,14,20H,2-7H2,1H3. The zero-order valence-corrected chi connectivity index (χ0v) is 14.0. The summed E-state index contributed by atoms with van der Waals surface area (Å²) in [6, 6.07) is 4.69. The second-order valence-electron chi connectivity index (χ2n) is 5.27. The van der Waals surface area contributed by atoms with E-state index in [9.17, 15) is 9.90 Å². The van der Waals surface area contributed by atoms with E-state index in [0.717, 1.165) is 19.6 Å². The Morgan fingerprint density at radius 1 is 1.23 bits per heavy atom. The van der Waals surface area contributed by atoms with Gasteiger partial charge in [0.1, 0.15) is 0 Å². The maximum Gasteiger partial charge on any atom is 0.256 e. The molecule has 122 valence electrons. The van der Waals surface area contributed by atoms with Crippen molar-refractivity contribution in [1.82, 2.24) is 9.80 Å². The van der Waals surface area contributed by atoms with Crippen LogP contribution in [0.4, 0.5) is 0 Å². The Balaban J connectivity index is 1.94. The molecule has 7 heteroatoms. The number of methoxy groups -OCH3 is 1. The van der Waals surface area contributed by atoms with Gasteiger partial charge in [0.15, 0.2) is 6.10 Å². The molecule has 0 spiro atoms. The molecule has 1 aromatic rings. The van der Waals surface area contributed by atoms with Crippen LogP contribution in [0.5, 0.6) is 0 Å². The first kappa shape index (κ1) is 17.5. The second kappa shape index (κ2) is 8.13. The van der Waals surface area contributed by atoms with E-state index >= 15 is 0 Å². The number of benzene rings is 1. The number of piperazine rings is 1. The summed E-state index contributed by atoms with van der Waals surface area (Å²) in [5.41, 5.74) is 0.421. The molecule has 2 rings (SSSR count). The number of aliphatic hydroxyl groups excluding tert-OH is 1. The maximum atomic E-state index is 12.4. The largest absolute Gasteiger partial charge is 0.383 e. The van der Waals surface area contributed by atoms with Crippen LogP contribution in [-0.2, 0) is 9.53 Å². The first-order valence-corrected chi connectivity index (χ1v) is 7.91. The predicted molar refractivity (Wildman–Crippen MR) is 86.3 cm³/mol. The molecule has 0 radical (unpaired) electrons. The Hall–Kier alpha value is -0.850. The molecular formula is C15H20Cl2N2O3. The molecule has 1 atom stereocenters. The number of hydrogen-bond donors (Lipinski definition) is 1. The Bertz CT molecular complexity index is 499. The van der Waals surface area contributed by atoms with Crippen LogP contribution in [0.2, 0.25) is 10.0 Å². The molecule has 0 saturated carbocycles.